The van der Waals surface area contributed by atoms with E-state index in [0.29, 0.717) is 12.5 Å². The van der Waals surface area contributed by atoms with Crippen LogP contribution in [0.15, 0.2) is 42.5 Å². The maximum Gasteiger partial charge on any atom is 0.243 e. The Morgan fingerprint density at radius 3 is 2.56 bits per heavy atom. The van der Waals surface area contributed by atoms with E-state index in [0.717, 1.165) is 23.5 Å². The highest BCUT2D eigenvalue weighted by Crippen LogP contribution is 2.18. The fourth-order valence-electron chi connectivity index (χ4n) is 2.32. The summed E-state index contributed by atoms with van der Waals surface area (Å²) in [5, 5.41) is 6.05. The number of anilines is 2. The second kappa shape index (κ2) is 9.11. The van der Waals surface area contributed by atoms with Crippen LogP contribution in [0.4, 0.5) is 11.4 Å². The van der Waals surface area contributed by atoms with E-state index in [-0.39, 0.29) is 12.5 Å². The van der Waals surface area contributed by atoms with E-state index in [1.165, 1.54) is 11.1 Å². The number of hydrogen-bond acceptors (Lipinski definition) is 3. The summed E-state index contributed by atoms with van der Waals surface area (Å²) in [4.78, 5) is 12.1. The molecule has 1 amide bonds. The van der Waals surface area contributed by atoms with Crippen LogP contribution in [0.5, 0.6) is 5.75 Å². The van der Waals surface area contributed by atoms with Crippen molar-refractivity contribution in [2.24, 2.45) is 5.92 Å². The molecule has 0 fully saturated rings. The number of nitrogens with one attached hydrogen (secondary N) is 2. The lowest BCUT2D eigenvalue weighted by Crippen LogP contribution is -2.21. The number of benzene rings is 2. The molecule has 0 radical (unpaired) electrons. The number of hydrogen-bond donors (Lipinski definition) is 2. The van der Waals surface area contributed by atoms with E-state index < -0.39 is 0 Å². The molecule has 4 nitrogen and oxygen atoms in total. The van der Waals surface area contributed by atoms with Gasteiger partial charge in [-0.1, -0.05) is 26.0 Å². The first-order chi connectivity index (χ1) is 11.9. The third kappa shape index (κ3) is 6.49. The number of rotatable bonds is 8. The molecule has 0 unspecified atom stereocenters. The SMILES string of the molecule is Cc1ccc(NCC(=O)Nc2cccc(OCCC(C)C)c2)cc1C. The largest absolute Gasteiger partial charge is 0.494 e. The molecule has 4 heteroatoms. The van der Waals surface area contributed by atoms with Crippen LogP contribution < -0.4 is 15.4 Å². The summed E-state index contributed by atoms with van der Waals surface area (Å²) in [6, 6.07) is 13.6. The fraction of sp³-hybridized carbons (Fsp3) is 0.381. The average Bonchev–Trinajstić information content (AvgIpc) is 2.56. The molecule has 0 saturated heterocycles. The van der Waals surface area contributed by atoms with Crippen molar-refractivity contribution in [3.63, 3.8) is 0 Å². The van der Waals surface area contributed by atoms with Crippen molar-refractivity contribution in [3.05, 3.63) is 53.6 Å². The third-order valence-corrected chi connectivity index (χ3v) is 4.04. The topological polar surface area (TPSA) is 50.4 Å². The van der Waals surface area contributed by atoms with Crippen LogP contribution in [-0.4, -0.2) is 19.1 Å². The number of carbonyl (C=O) groups excluding carboxylic acids is 1. The van der Waals surface area contributed by atoms with Crippen molar-refractivity contribution in [2.45, 2.75) is 34.1 Å². The first kappa shape index (κ1) is 18.8. The highest BCUT2D eigenvalue weighted by molar-refractivity contribution is 5.93. The van der Waals surface area contributed by atoms with Crippen molar-refractivity contribution in [2.75, 3.05) is 23.8 Å². The van der Waals surface area contributed by atoms with E-state index in [2.05, 4.69) is 38.3 Å². The number of amides is 1. The third-order valence-electron chi connectivity index (χ3n) is 4.04. The summed E-state index contributed by atoms with van der Waals surface area (Å²) < 4.78 is 5.73. The van der Waals surface area contributed by atoms with Gasteiger partial charge in [-0.3, -0.25) is 4.79 Å². The molecule has 0 aliphatic heterocycles. The molecular formula is C21H28N2O2. The monoisotopic (exact) mass is 340 g/mol. The molecule has 25 heavy (non-hydrogen) atoms. The van der Waals surface area contributed by atoms with Crippen LogP contribution in [0.2, 0.25) is 0 Å². The second-order valence-corrected chi connectivity index (χ2v) is 6.76. The quantitative estimate of drug-likeness (QED) is 0.727. The maximum absolute atomic E-state index is 12.1. The Morgan fingerprint density at radius 2 is 1.84 bits per heavy atom. The molecule has 2 aromatic rings. The Kier molecular flexibility index (Phi) is 6.87. The first-order valence-corrected chi connectivity index (χ1v) is 8.78. The lowest BCUT2D eigenvalue weighted by Gasteiger charge is -2.11. The summed E-state index contributed by atoms with van der Waals surface area (Å²) in [7, 11) is 0. The van der Waals surface area contributed by atoms with Crippen molar-refractivity contribution in [1.82, 2.24) is 0 Å². The van der Waals surface area contributed by atoms with Crippen LogP contribution in [0.1, 0.15) is 31.4 Å². The normalized spacial score (nSPS) is 10.6. The Bertz CT molecular complexity index is 711. The molecule has 2 aromatic carbocycles. The van der Waals surface area contributed by atoms with E-state index in [1.54, 1.807) is 0 Å². The van der Waals surface area contributed by atoms with Gasteiger partial charge in [0.2, 0.25) is 5.91 Å². The molecule has 0 atom stereocenters. The standard InChI is InChI=1S/C21H28N2O2/c1-15(2)10-11-25-20-7-5-6-19(13-20)23-21(24)14-22-18-9-8-16(3)17(4)12-18/h5-9,12-13,15,22H,10-11,14H2,1-4H3,(H,23,24). The summed E-state index contributed by atoms with van der Waals surface area (Å²) in [5.41, 5.74) is 4.14. The molecule has 0 aliphatic carbocycles. The zero-order chi connectivity index (χ0) is 18.2. The Hall–Kier alpha value is -2.49. The van der Waals surface area contributed by atoms with Crippen LogP contribution >= 0.6 is 0 Å². The Labute approximate surface area is 150 Å². The molecule has 2 N–H and O–H groups in total. The van der Waals surface area contributed by atoms with Gasteiger partial charge in [0.25, 0.3) is 0 Å². The van der Waals surface area contributed by atoms with Gasteiger partial charge in [0, 0.05) is 17.4 Å². The summed E-state index contributed by atoms with van der Waals surface area (Å²) in [6.07, 6.45) is 1.01. The number of carbonyl (C=O) groups is 1. The van der Waals surface area contributed by atoms with Crippen LogP contribution in [0.25, 0.3) is 0 Å². The van der Waals surface area contributed by atoms with E-state index in [9.17, 15) is 4.79 Å². The Balaban J connectivity index is 1.84. The number of ether oxygens (including phenoxy) is 1. The fourth-order valence-corrected chi connectivity index (χ4v) is 2.32. The number of aryl methyl sites for hydroxylation is 2. The predicted octanol–water partition coefficient (Wildman–Crippen LogP) is 4.78. The summed E-state index contributed by atoms with van der Waals surface area (Å²) in [5.74, 6) is 1.30. The van der Waals surface area contributed by atoms with Gasteiger partial charge in [0.05, 0.1) is 13.2 Å². The molecule has 0 spiro atoms. The minimum Gasteiger partial charge on any atom is -0.494 e. The van der Waals surface area contributed by atoms with E-state index in [1.807, 2.05) is 42.5 Å². The summed E-state index contributed by atoms with van der Waals surface area (Å²) >= 11 is 0. The second-order valence-electron chi connectivity index (χ2n) is 6.76. The van der Waals surface area contributed by atoms with E-state index >= 15 is 0 Å². The smallest absolute Gasteiger partial charge is 0.243 e. The molecule has 0 aliphatic rings. The van der Waals surface area contributed by atoms with Gasteiger partial charge in [-0.25, -0.2) is 0 Å². The van der Waals surface area contributed by atoms with Crippen LogP contribution in [0.3, 0.4) is 0 Å². The van der Waals surface area contributed by atoms with E-state index in [4.69, 9.17) is 4.74 Å². The molecule has 2 rings (SSSR count). The highest BCUT2D eigenvalue weighted by Gasteiger charge is 2.05. The van der Waals surface area contributed by atoms with Gasteiger partial charge in [0.15, 0.2) is 0 Å². The van der Waals surface area contributed by atoms with Gasteiger partial charge < -0.3 is 15.4 Å². The molecule has 0 aromatic heterocycles. The van der Waals surface area contributed by atoms with Crippen molar-refractivity contribution in [1.29, 1.82) is 0 Å². The molecule has 0 bridgehead atoms. The van der Waals surface area contributed by atoms with Crippen LogP contribution in [0, 0.1) is 19.8 Å². The van der Waals surface area contributed by atoms with Crippen molar-refractivity contribution >= 4 is 17.3 Å². The molecule has 0 saturated carbocycles. The molecule has 0 heterocycles. The highest BCUT2D eigenvalue weighted by atomic mass is 16.5. The van der Waals surface area contributed by atoms with Gasteiger partial charge in [-0.2, -0.15) is 0 Å². The maximum atomic E-state index is 12.1. The van der Waals surface area contributed by atoms with Gasteiger partial charge in [-0.05, 0) is 61.6 Å². The zero-order valence-corrected chi connectivity index (χ0v) is 15.6. The first-order valence-electron chi connectivity index (χ1n) is 8.78. The lowest BCUT2D eigenvalue weighted by molar-refractivity contribution is -0.114. The van der Waals surface area contributed by atoms with Gasteiger partial charge in [-0.15, -0.1) is 0 Å². The van der Waals surface area contributed by atoms with Gasteiger partial charge >= 0.3 is 0 Å². The zero-order valence-electron chi connectivity index (χ0n) is 15.6. The van der Waals surface area contributed by atoms with Crippen LogP contribution in [-0.2, 0) is 4.79 Å². The van der Waals surface area contributed by atoms with Gasteiger partial charge in [0.1, 0.15) is 5.75 Å². The van der Waals surface area contributed by atoms with Crippen molar-refractivity contribution < 1.29 is 9.53 Å². The minimum atomic E-state index is -0.0856. The average molecular weight is 340 g/mol. The predicted molar refractivity (Wildman–Crippen MR) is 104 cm³/mol. The van der Waals surface area contributed by atoms with Crippen molar-refractivity contribution in [3.8, 4) is 5.75 Å². The minimum absolute atomic E-state index is 0.0856. The summed E-state index contributed by atoms with van der Waals surface area (Å²) in [6.45, 7) is 9.38. The molecular weight excluding hydrogens is 312 g/mol. The lowest BCUT2D eigenvalue weighted by atomic mass is 10.1. The Morgan fingerprint density at radius 1 is 1.04 bits per heavy atom. The molecule has 134 valence electrons.